The monoisotopic (exact) mass is 318 g/mol. The van der Waals surface area contributed by atoms with Gasteiger partial charge in [-0.15, -0.1) is 0 Å². The van der Waals surface area contributed by atoms with Gasteiger partial charge < -0.3 is 4.90 Å². The second kappa shape index (κ2) is 4.60. The van der Waals surface area contributed by atoms with Gasteiger partial charge in [0.1, 0.15) is 4.99 Å². The third kappa shape index (κ3) is 2.01. The Morgan fingerprint density at radius 2 is 1.72 bits per heavy atom. The molecule has 96 valence electrons. The quantitative estimate of drug-likeness (QED) is 0.718. The fourth-order valence-electron chi connectivity index (χ4n) is 1.74. The molecular formula is C12H12Cl2N2S2. The number of rotatable bonds is 1. The second-order valence-corrected chi connectivity index (χ2v) is 6.21. The molecule has 1 aliphatic heterocycles. The van der Waals surface area contributed by atoms with Crippen LogP contribution < -0.4 is 4.90 Å². The van der Waals surface area contributed by atoms with E-state index in [2.05, 4.69) is 0 Å². The molecule has 6 heteroatoms. The minimum absolute atomic E-state index is 0.279. The number of anilines is 1. The summed E-state index contributed by atoms with van der Waals surface area (Å²) >= 11 is 22.9. The Morgan fingerprint density at radius 3 is 2.17 bits per heavy atom. The maximum absolute atomic E-state index is 6.04. The highest BCUT2D eigenvalue weighted by Crippen LogP contribution is 2.34. The van der Waals surface area contributed by atoms with E-state index < -0.39 is 0 Å². The van der Waals surface area contributed by atoms with Crippen molar-refractivity contribution in [2.75, 3.05) is 11.9 Å². The van der Waals surface area contributed by atoms with Crippen LogP contribution in [-0.4, -0.2) is 27.6 Å². The Bertz CT molecular complexity index is 543. The van der Waals surface area contributed by atoms with Crippen LogP contribution in [0.15, 0.2) is 18.2 Å². The van der Waals surface area contributed by atoms with Crippen molar-refractivity contribution in [1.29, 1.82) is 0 Å². The van der Waals surface area contributed by atoms with E-state index in [1.165, 1.54) is 0 Å². The van der Waals surface area contributed by atoms with Crippen molar-refractivity contribution < 1.29 is 0 Å². The molecule has 1 heterocycles. The number of benzene rings is 1. The molecule has 0 bridgehead atoms. The molecule has 2 rings (SSSR count). The molecule has 1 saturated heterocycles. The topological polar surface area (TPSA) is 6.48 Å². The van der Waals surface area contributed by atoms with E-state index in [4.69, 9.17) is 47.6 Å². The summed E-state index contributed by atoms with van der Waals surface area (Å²) in [5.41, 5.74) is 0.565. The van der Waals surface area contributed by atoms with Crippen LogP contribution in [0.4, 0.5) is 5.69 Å². The van der Waals surface area contributed by atoms with Gasteiger partial charge in [0.25, 0.3) is 0 Å². The third-order valence-corrected chi connectivity index (χ3v) is 5.08. The minimum Gasteiger partial charge on any atom is -0.340 e. The summed E-state index contributed by atoms with van der Waals surface area (Å²) in [6.45, 7) is 4.08. The first kappa shape index (κ1) is 14.0. The summed E-state index contributed by atoms with van der Waals surface area (Å²) in [7, 11) is 1.94. The number of hydrogen-bond donors (Lipinski definition) is 0. The van der Waals surface area contributed by atoms with Gasteiger partial charge in [0, 0.05) is 7.05 Å². The predicted octanol–water partition coefficient (Wildman–Crippen LogP) is 4.14. The van der Waals surface area contributed by atoms with Gasteiger partial charge in [-0.1, -0.05) is 35.4 Å². The van der Waals surface area contributed by atoms with Gasteiger partial charge in [-0.05, 0) is 44.3 Å². The molecule has 0 aliphatic carbocycles. The first-order chi connectivity index (χ1) is 8.26. The van der Waals surface area contributed by atoms with Crippen molar-refractivity contribution in [2.45, 2.75) is 19.4 Å². The lowest BCUT2D eigenvalue weighted by Gasteiger charge is -2.26. The molecule has 0 atom stereocenters. The number of hydrogen-bond acceptors (Lipinski definition) is 2. The first-order valence-corrected chi connectivity index (χ1v) is 6.91. The molecule has 0 saturated carbocycles. The summed E-state index contributed by atoms with van der Waals surface area (Å²) in [5, 5.41) is 1.68. The summed E-state index contributed by atoms with van der Waals surface area (Å²) in [6.07, 6.45) is 0. The van der Waals surface area contributed by atoms with E-state index in [0.717, 1.165) is 10.7 Å². The molecule has 0 radical (unpaired) electrons. The number of likely N-dealkylation sites (N-methyl/N-ethyl adjacent to an activating group) is 1. The van der Waals surface area contributed by atoms with E-state index >= 15 is 0 Å². The predicted molar refractivity (Wildman–Crippen MR) is 86.0 cm³/mol. The number of nitrogens with zero attached hydrogens (tertiary/aromatic N) is 2. The summed E-state index contributed by atoms with van der Waals surface area (Å²) in [5.74, 6) is 0. The van der Waals surface area contributed by atoms with Crippen molar-refractivity contribution in [1.82, 2.24) is 4.90 Å². The van der Waals surface area contributed by atoms with Gasteiger partial charge >= 0.3 is 0 Å². The average Bonchev–Trinajstić information content (AvgIpc) is 2.45. The SMILES string of the molecule is CN1C(=S)N(c2ccc(Cl)c(Cl)c2)C(=S)C1(C)C. The van der Waals surface area contributed by atoms with Gasteiger partial charge in [0.15, 0.2) is 5.11 Å². The van der Waals surface area contributed by atoms with Crippen LogP contribution in [0.25, 0.3) is 0 Å². The smallest absolute Gasteiger partial charge is 0.181 e. The summed E-state index contributed by atoms with van der Waals surface area (Å²) in [4.78, 5) is 4.59. The lowest BCUT2D eigenvalue weighted by Crippen LogP contribution is -2.40. The van der Waals surface area contributed by atoms with Gasteiger partial charge in [-0.3, -0.25) is 4.90 Å². The van der Waals surface area contributed by atoms with Crippen LogP contribution in [-0.2, 0) is 0 Å². The van der Waals surface area contributed by atoms with E-state index in [1.807, 2.05) is 36.8 Å². The van der Waals surface area contributed by atoms with Crippen LogP contribution in [0.5, 0.6) is 0 Å². The number of thiocarbonyl (C=S) groups is 2. The van der Waals surface area contributed by atoms with E-state index in [9.17, 15) is 0 Å². The standard InChI is InChI=1S/C12H12Cl2N2S2/c1-12(2)10(17)16(11(18)15(12)3)7-4-5-8(13)9(14)6-7/h4-6H,1-3H3. The Balaban J connectivity index is 2.48. The number of halogens is 2. The maximum Gasteiger partial charge on any atom is 0.181 e. The van der Waals surface area contributed by atoms with Crippen LogP contribution >= 0.6 is 47.6 Å². The Hall–Kier alpha value is -0.420. The fourth-order valence-corrected chi connectivity index (χ4v) is 2.85. The lowest BCUT2D eigenvalue weighted by molar-refractivity contribution is 0.371. The molecule has 18 heavy (non-hydrogen) atoms. The molecule has 2 nitrogen and oxygen atoms in total. The second-order valence-electron chi connectivity index (χ2n) is 4.64. The molecule has 1 fully saturated rings. The van der Waals surface area contributed by atoms with Crippen molar-refractivity contribution in [2.24, 2.45) is 0 Å². The summed E-state index contributed by atoms with van der Waals surface area (Å²) in [6, 6.07) is 5.38. The molecular weight excluding hydrogens is 307 g/mol. The highest BCUT2D eigenvalue weighted by Gasteiger charge is 2.44. The zero-order chi connectivity index (χ0) is 13.7. The van der Waals surface area contributed by atoms with Crippen molar-refractivity contribution >= 4 is 63.4 Å². The zero-order valence-corrected chi connectivity index (χ0v) is 13.3. The van der Waals surface area contributed by atoms with Crippen LogP contribution in [0.3, 0.4) is 0 Å². The van der Waals surface area contributed by atoms with Crippen LogP contribution in [0.1, 0.15) is 13.8 Å². The lowest BCUT2D eigenvalue weighted by atomic mass is 10.1. The highest BCUT2D eigenvalue weighted by molar-refractivity contribution is 7.83. The van der Waals surface area contributed by atoms with Crippen molar-refractivity contribution in [3.05, 3.63) is 28.2 Å². The van der Waals surface area contributed by atoms with Crippen LogP contribution in [0, 0.1) is 0 Å². The average molecular weight is 319 g/mol. The Morgan fingerprint density at radius 1 is 1.11 bits per heavy atom. The molecule has 1 aromatic rings. The molecule has 0 unspecified atom stereocenters. The molecule has 0 spiro atoms. The molecule has 0 aromatic heterocycles. The Labute approximate surface area is 127 Å². The molecule has 0 amide bonds. The summed E-state index contributed by atoms with van der Waals surface area (Å²) < 4.78 is 0. The molecule has 1 aromatic carbocycles. The minimum atomic E-state index is -0.279. The van der Waals surface area contributed by atoms with E-state index in [1.54, 1.807) is 12.1 Å². The third-order valence-electron chi connectivity index (χ3n) is 3.20. The van der Waals surface area contributed by atoms with Crippen LogP contribution in [0.2, 0.25) is 10.0 Å². The van der Waals surface area contributed by atoms with Gasteiger partial charge in [0.05, 0.1) is 21.3 Å². The fraction of sp³-hybridized carbons (Fsp3) is 0.333. The highest BCUT2D eigenvalue weighted by atomic mass is 35.5. The van der Waals surface area contributed by atoms with Crippen molar-refractivity contribution in [3.8, 4) is 0 Å². The molecule has 0 N–H and O–H groups in total. The van der Waals surface area contributed by atoms with E-state index in [0.29, 0.717) is 15.2 Å². The largest absolute Gasteiger partial charge is 0.340 e. The van der Waals surface area contributed by atoms with Crippen molar-refractivity contribution in [3.63, 3.8) is 0 Å². The zero-order valence-electron chi connectivity index (χ0n) is 10.2. The van der Waals surface area contributed by atoms with E-state index in [-0.39, 0.29) is 5.54 Å². The normalized spacial score (nSPS) is 18.7. The van der Waals surface area contributed by atoms with Gasteiger partial charge in [0.2, 0.25) is 0 Å². The maximum atomic E-state index is 6.04. The van der Waals surface area contributed by atoms with Gasteiger partial charge in [-0.25, -0.2) is 0 Å². The molecule has 1 aliphatic rings. The first-order valence-electron chi connectivity index (χ1n) is 5.34. The van der Waals surface area contributed by atoms with Gasteiger partial charge in [-0.2, -0.15) is 0 Å². The Kier molecular flexibility index (Phi) is 3.58.